The number of aromatic nitrogens is 2. The molecule has 0 unspecified atom stereocenters. The van der Waals surface area contributed by atoms with Crippen LogP contribution in [0, 0.1) is 26.6 Å². The maximum absolute atomic E-state index is 13.3. The van der Waals surface area contributed by atoms with Crippen LogP contribution in [0.2, 0.25) is 0 Å². The summed E-state index contributed by atoms with van der Waals surface area (Å²) in [6.45, 7) is 6.28. The van der Waals surface area contributed by atoms with Gasteiger partial charge in [-0.1, -0.05) is 30.3 Å². The molecule has 0 bridgehead atoms. The van der Waals surface area contributed by atoms with Crippen LogP contribution in [0.5, 0.6) is 0 Å². The Morgan fingerprint density at radius 2 is 1.30 bits per heavy atom. The van der Waals surface area contributed by atoms with E-state index in [4.69, 9.17) is 0 Å². The van der Waals surface area contributed by atoms with E-state index < -0.39 is 5.91 Å². The fourth-order valence-electron chi connectivity index (χ4n) is 2.88. The van der Waals surface area contributed by atoms with Crippen LogP contribution in [0.1, 0.15) is 48.8 Å². The first kappa shape index (κ1) is 21.1. The Kier molecular flexibility index (Phi) is 6.51. The van der Waals surface area contributed by atoms with E-state index in [1.54, 1.807) is 19.1 Å². The molecule has 2 amide bonds. The lowest BCUT2D eigenvalue weighted by Crippen LogP contribution is -2.27. The Hall–Kier alpha value is -3.61. The van der Waals surface area contributed by atoms with Crippen molar-refractivity contribution in [2.75, 3.05) is 0 Å². The number of hydrogen-bond acceptors (Lipinski definition) is 4. The minimum atomic E-state index is -0.442. The standard InChI is InChI=1S/C23H23FN4O2/c1-14-4-5-17(8-15(14)2)11-25-22(29)20-10-21(28-13-27-20)23(30)26-12-18-6-7-19(24)16(3)9-18/h4-10,13H,11-12H2,1-3H3,(H,25,29)(H,26,30). The molecule has 6 nitrogen and oxygen atoms in total. The topological polar surface area (TPSA) is 84.0 Å². The van der Waals surface area contributed by atoms with E-state index in [2.05, 4.69) is 20.6 Å². The third kappa shape index (κ3) is 5.26. The molecule has 2 aromatic carbocycles. The number of carbonyl (C=O) groups is 2. The average Bonchev–Trinajstić information content (AvgIpc) is 2.75. The van der Waals surface area contributed by atoms with E-state index in [9.17, 15) is 14.0 Å². The molecule has 1 aromatic heterocycles. The quantitative estimate of drug-likeness (QED) is 0.657. The van der Waals surface area contributed by atoms with Gasteiger partial charge in [0.2, 0.25) is 0 Å². The van der Waals surface area contributed by atoms with Crippen LogP contribution >= 0.6 is 0 Å². The second-order valence-corrected chi connectivity index (χ2v) is 7.16. The summed E-state index contributed by atoms with van der Waals surface area (Å²) in [5, 5.41) is 5.52. The highest BCUT2D eigenvalue weighted by Gasteiger charge is 2.13. The van der Waals surface area contributed by atoms with Gasteiger partial charge >= 0.3 is 0 Å². The van der Waals surface area contributed by atoms with Crippen molar-refractivity contribution in [2.24, 2.45) is 0 Å². The molecule has 0 aliphatic rings. The number of rotatable bonds is 6. The van der Waals surface area contributed by atoms with Crippen molar-refractivity contribution in [3.63, 3.8) is 0 Å². The molecule has 0 spiro atoms. The number of aryl methyl sites for hydroxylation is 3. The fourth-order valence-corrected chi connectivity index (χ4v) is 2.88. The van der Waals surface area contributed by atoms with Gasteiger partial charge in [-0.15, -0.1) is 0 Å². The normalized spacial score (nSPS) is 10.5. The Morgan fingerprint density at radius 3 is 1.83 bits per heavy atom. The summed E-state index contributed by atoms with van der Waals surface area (Å²) in [5.41, 5.74) is 4.78. The summed E-state index contributed by atoms with van der Waals surface area (Å²) in [6, 6.07) is 12.0. The molecule has 3 rings (SSSR count). The van der Waals surface area contributed by atoms with E-state index in [1.165, 1.54) is 24.0 Å². The predicted octanol–water partition coefficient (Wildman–Crippen LogP) is 3.40. The number of carbonyl (C=O) groups excluding carboxylic acids is 2. The van der Waals surface area contributed by atoms with Gasteiger partial charge in [0.15, 0.2) is 0 Å². The predicted molar refractivity (Wildman–Crippen MR) is 111 cm³/mol. The van der Waals surface area contributed by atoms with Gasteiger partial charge in [-0.25, -0.2) is 14.4 Å². The maximum Gasteiger partial charge on any atom is 0.270 e. The molecular weight excluding hydrogens is 383 g/mol. The van der Waals surface area contributed by atoms with Crippen molar-refractivity contribution in [3.05, 3.63) is 93.8 Å². The molecular formula is C23H23FN4O2. The molecule has 2 N–H and O–H groups in total. The van der Waals surface area contributed by atoms with Crippen LogP contribution < -0.4 is 10.6 Å². The fraction of sp³-hybridized carbons (Fsp3) is 0.217. The molecule has 0 fully saturated rings. The molecule has 0 saturated carbocycles. The van der Waals surface area contributed by atoms with Crippen molar-refractivity contribution in [1.29, 1.82) is 0 Å². The molecule has 0 aliphatic carbocycles. The van der Waals surface area contributed by atoms with E-state index in [-0.39, 0.29) is 29.7 Å². The number of halogens is 1. The van der Waals surface area contributed by atoms with Gasteiger partial charge in [0, 0.05) is 19.2 Å². The lowest BCUT2D eigenvalue weighted by atomic mass is 10.1. The summed E-state index contributed by atoms with van der Waals surface area (Å²) in [5.74, 6) is -1.13. The Morgan fingerprint density at radius 1 is 0.767 bits per heavy atom. The van der Waals surface area contributed by atoms with E-state index in [1.807, 2.05) is 32.0 Å². The van der Waals surface area contributed by atoms with E-state index in [0.29, 0.717) is 12.1 Å². The second kappa shape index (κ2) is 9.26. The molecule has 7 heteroatoms. The molecule has 0 aliphatic heterocycles. The van der Waals surface area contributed by atoms with E-state index in [0.717, 1.165) is 16.7 Å². The van der Waals surface area contributed by atoms with E-state index >= 15 is 0 Å². The third-order valence-electron chi connectivity index (χ3n) is 4.83. The van der Waals surface area contributed by atoms with Gasteiger partial charge < -0.3 is 10.6 Å². The van der Waals surface area contributed by atoms with Crippen molar-refractivity contribution < 1.29 is 14.0 Å². The molecule has 30 heavy (non-hydrogen) atoms. The summed E-state index contributed by atoms with van der Waals surface area (Å²) in [4.78, 5) is 32.7. The first-order valence-corrected chi connectivity index (χ1v) is 9.53. The number of amides is 2. The zero-order valence-corrected chi connectivity index (χ0v) is 17.1. The Balaban J connectivity index is 1.61. The third-order valence-corrected chi connectivity index (χ3v) is 4.83. The Labute approximate surface area is 174 Å². The molecule has 154 valence electrons. The van der Waals surface area contributed by atoms with Crippen LogP contribution in [0.3, 0.4) is 0 Å². The van der Waals surface area contributed by atoms with Crippen molar-refractivity contribution in [2.45, 2.75) is 33.9 Å². The molecule has 1 heterocycles. The van der Waals surface area contributed by atoms with Crippen molar-refractivity contribution in [3.8, 4) is 0 Å². The molecule has 0 saturated heterocycles. The zero-order chi connectivity index (χ0) is 21.7. The van der Waals surface area contributed by atoms with Gasteiger partial charge in [0.1, 0.15) is 23.5 Å². The maximum atomic E-state index is 13.3. The highest BCUT2D eigenvalue weighted by Crippen LogP contribution is 2.11. The van der Waals surface area contributed by atoms with Crippen LogP contribution in [0.4, 0.5) is 4.39 Å². The number of benzene rings is 2. The summed E-state index contributed by atoms with van der Waals surface area (Å²) in [7, 11) is 0. The van der Waals surface area contributed by atoms with Gasteiger partial charge in [-0.3, -0.25) is 9.59 Å². The minimum absolute atomic E-state index is 0.0835. The Bertz CT molecular complexity index is 1020. The van der Waals surface area contributed by atoms with Crippen LogP contribution in [0.15, 0.2) is 48.8 Å². The lowest BCUT2D eigenvalue weighted by molar-refractivity contribution is 0.0944. The minimum Gasteiger partial charge on any atom is -0.347 e. The summed E-state index contributed by atoms with van der Waals surface area (Å²) < 4.78 is 13.3. The molecule has 0 radical (unpaired) electrons. The zero-order valence-electron chi connectivity index (χ0n) is 17.1. The van der Waals surface area contributed by atoms with Gasteiger partial charge in [-0.05, 0) is 54.7 Å². The SMILES string of the molecule is Cc1ccc(CNC(=O)c2cc(C(=O)NCc3ccc(F)c(C)c3)ncn2)cc1C. The summed E-state index contributed by atoms with van der Waals surface area (Å²) >= 11 is 0. The second-order valence-electron chi connectivity index (χ2n) is 7.16. The monoisotopic (exact) mass is 406 g/mol. The van der Waals surface area contributed by atoms with Gasteiger partial charge in [-0.2, -0.15) is 0 Å². The number of nitrogens with zero attached hydrogens (tertiary/aromatic N) is 2. The van der Waals surface area contributed by atoms with Crippen molar-refractivity contribution >= 4 is 11.8 Å². The highest BCUT2D eigenvalue weighted by molar-refractivity contribution is 5.97. The van der Waals surface area contributed by atoms with Crippen LogP contribution in [-0.4, -0.2) is 21.8 Å². The van der Waals surface area contributed by atoms with Crippen LogP contribution in [-0.2, 0) is 13.1 Å². The first-order chi connectivity index (χ1) is 14.3. The summed E-state index contributed by atoms with van der Waals surface area (Å²) in [6.07, 6.45) is 1.18. The van der Waals surface area contributed by atoms with Gasteiger partial charge in [0.05, 0.1) is 0 Å². The molecule has 3 aromatic rings. The highest BCUT2D eigenvalue weighted by atomic mass is 19.1. The van der Waals surface area contributed by atoms with Crippen molar-refractivity contribution in [1.82, 2.24) is 20.6 Å². The number of nitrogens with one attached hydrogen (secondary N) is 2. The largest absolute Gasteiger partial charge is 0.347 e. The number of hydrogen-bond donors (Lipinski definition) is 2. The van der Waals surface area contributed by atoms with Gasteiger partial charge in [0.25, 0.3) is 11.8 Å². The first-order valence-electron chi connectivity index (χ1n) is 9.53. The average molecular weight is 406 g/mol. The lowest BCUT2D eigenvalue weighted by Gasteiger charge is -2.09. The smallest absolute Gasteiger partial charge is 0.270 e. The molecule has 0 atom stereocenters. The van der Waals surface area contributed by atoms with Crippen LogP contribution in [0.25, 0.3) is 0 Å².